The van der Waals surface area contributed by atoms with Crippen molar-refractivity contribution < 1.29 is 0 Å². The summed E-state index contributed by atoms with van der Waals surface area (Å²) < 4.78 is 4.59. The Morgan fingerprint density at radius 2 is 0.712 bits per heavy atom. The Hall–Kier alpha value is -8.93. The molecule has 0 amide bonds. The van der Waals surface area contributed by atoms with Gasteiger partial charge in [-0.25, -0.2) is 4.98 Å². The highest BCUT2D eigenvalue weighted by Gasteiger charge is 2.20. The van der Waals surface area contributed by atoms with E-state index in [-0.39, 0.29) is 0 Å². The maximum absolute atomic E-state index is 5.29. The Bertz CT molecular complexity index is 4000. The number of hydrogen-bond donors (Lipinski definition) is 0. The first-order valence-electron chi connectivity index (χ1n) is 22.3. The zero-order valence-electron chi connectivity index (χ0n) is 35.8. The van der Waals surface area contributed by atoms with Crippen LogP contribution in [0.5, 0.6) is 0 Å². The summed E-state index contributed by atoms with van der Waals surface area (Å²) in [6, 6.07) is 84.2. The smallest absolute Gasteiger partial charge is 0.238 e. The third kappa shape index (κ3) is 6.36. The molecule has 0 aliphatic heterocycles. The zero-order valence-corrected chi connectivity index (χ0v) is 35.8. The lowest BCUT2D eigenvalue weighted by atomic mass is 9.99. The van der Waals surface area contributed by atoms with Crippen LogP contribution in [0.4, 0.5) is 0 Å². The predicted octanol–water partition coefficient (Wildman–Crippen LogP) is 15.6. The average molecular weight is 842 g/mol. The normalized spacial score (nSPS) is 11.6. The first-order valence-corrected chi connectivity index (χ1v) is 22.3. The highest BCUT2D eigenvalue weighted by Crippen LogP contribution is 2.39. The molecule has 3 aromatic heterocycles. The molecular formula is C61H39N5. The van der Waals surface area contributed by atoms with E-state index in [9.17, 15) is 0 Å². The summed E-state index contributed by atoms with van der Waals surface area (Å²) in [5, 5.41) is 7.12. The van der Waals surface area contributed by atoms with Crippen molar-refractivity contribution in [1.29, 1.82) is 0 Å². The first-order chi connectivity index (χ1) is 32.7. The van der Waals surface area contributed by atoms with Crippen LogP contribution in [-0.2, 0) is 0 Å². The van der Waals surface area contributed by atoms with Crippen LogP contribution in [-0.4, -0.2) is 24.1 Å². The van der Waals surface area contributed by atoms with Gasteiger partial charge < -0.3 is 4.57 Å². The second-order valence-electron chi connectivity index (χ2n) is 16.9. The molecule has 0 saturated heterocycles. The molecule has 0 unspecified atom stereocenters. The van der Waals surface area contributed by atoms with Gasteiger partial charge in [0, 0.05) is 38.4 Å². The lowest BCUT2D eigenvalue weighted by molar-refractivity contribution is 0.953. The van der Waals surface area contributed by atoms with Crippen LogP contribution in [0, 0.1) is 0 Å². The fourth-order valence-corrected chi connectivity index (χ4v) is 9.77. The van der Waals surface area contributed by atoms with Crippen molar-refractivity contribution in [1.82, 2.24) is 24.1 Å². The minimum absolute atomic E-state index is 0.569. The van der Waals surface area contributed by atoms with Gasteiger partial charge in [0.15, 0.2) is 11.6 Å². The maximum atomic E-state index is 5.29. The van der Waals surface area contributed by atoms with Crippen LogP contribution < -0.4 is 0 Å². The fourth-order valence-electron chi connectivity index (χ4n) is 9.77. The van der Waals surface area contributed by atoms with Gasteiger partial charge in [0.2, 0.25) is 5.95 Å². The lowest BCUT2D eigenvalue weighted by Gasteiger charge is -2.12. The van der Waals surface area contributed by atoms with Crippen molar-refractivity contribution in [3.05, 3.63) is 237 Å². The molecule has 0 saturated carbocycles. The monoisotopic (exact) mass is 841 g/mol. The van der Waals surface area contributed by atoms with Gasteiger partial charge in [-0.05, 0) is 105 Å². The molecule has 13 rings (SSSR count). The molecule has 66 heavy (non-hydrogen) atoms. The topological polar surface area (TPSA) is 48.5 Å². The highest BCUT2D eigenvalue weighted by molar-refractivity contribution is 6.12. The molecule has 0 atom stereocenters. The van der Waals surface area contributed by atoms with E-state index in [0.29, 0.717) is 17.6 Å². The van der Waals surface area contributed by atoms with Crippen LogP contribution in [0.15, 0.2) is 237 Å². The number of nitrogens with zero attached hydrogens (tertiary/aromatic N) is 5. The molecule has 0 N–H and O–H groups in total. The largest absolute Gasteiger partial charge is 0.309 e. The summed E-state index contributed by atoms with van der Waals surface area (Å²) in [6.45, 7) is 0. The van der Waals surface area contributed by atoms with E-state index in [2.05, 4.69) is 228 Å². The van der Waals surface area contributed by atoms with Crippen LogP contribution in [0.2, 0.25) is 0 Å². The zero-order chi connectivity index (χ0) is 43.6. The van der Waals surface area contributed by atoms with Gasteiger partial charge in [0.05, 0.1) is 22.1 Å². The van der Waals surface area contributed by atoms with Crippen LogP contribution in [0.25, 0.3) is 122 Å². The average Bonchev–Trinajstić information content (AvgIpc) is 3.91. The number of benzene rings is 10. The Kier molecular flexibility index (Phi) is 8.78. The van der Waals surface area contributed by atoms with E-state index in [4.69, 9.17) is 15.0 Å². The van der Waals surface area contributed by atoms with Gasteiger partial charge >= 0.3 is 0 Å². The summed E-state index contributed by atoms with van der Waals surface area (Å²) >= 11 is 0. The third-order valence-corrected chi connectivity index (χ3v) is 12.9. The van der Waals surface area contributed by atoms with Crippen molar-refractivity contribution in [3.63, 3.8) is 0 Å². The molecule has 0 aliphatic rings. The Morgan fingerprint density at radius 1 is 0.242 bits per heavy atom. The van der Waals surface area contributed by atoms with Crippen LogP contribution in [0.3, 0.4) is 0 Å². The Morgan fingerprint density at radius 3 is 1.42 bits per heavy atom. The van der Waals surface area contributed by atoms with E-state index in [1.807, 2.05) is 18.2 Å². The van der Waals surface area contributed by atoms with Gasteiger partial charge in [-0.2, -0.15) is 9.97 Å². The molecule has 0 spiro atoms. The van der Waals surface area contributed by atoms with Crippen LogP contribution >= 0.6 is 0 Å². The van der Waals surface area contributed by atoms with E-state index >= 15 is 0 Å². The summed E-state index contributed by atoms with van der Waals surface area (Å²) in [6.07, 6.45) is 0. The molecule has 13 aromatic rings. The predicted molar refractivity (Wildman–Crippen MR) is 273 cm³/mol. The summed E-state index contributed by atoms with van der Waals surface area (Å²) in [5.41, 5.74) is 14.3. The minimum atomic E-state index is 0.569. The molecular weight excluding hydrogens is 803 g/mol. The first kappa shape index (κ1) is 37.6. The summed E-state index contributed by atoms with van der Waals surface area (Å²) in [7, 11) is 0. The Labute approximate surface area is 381 Å². The van der Waals surface area contributed by atoms with E-state index in [1.54, 1.807) is 0 Å². The molecule has 0 aliphatic carbocycles. The van der Waals surface area contributed by atoms with Crippen molar-refractivity contribution in [3.8, 4) is 67.8 Å². The molecule has 10 aromatic carbocycles. The Balaban J connectivity index is 0.946. The molecule has 3 heterocycles. The lowest BCUT2D eigenvalue weighted by Crippen LogP contribution is -2.06. The number of rotatable bonds is 7. The maximum Gasteiger partial charge on any atom is 0.238 e. The van der Waals surface area contributed by atoms with E-state index < -0.39 is 0 Å². The molecule has 5 heteroatoms. The van der Waals surface area contributed by atoms with Crippen molar-refractivity contribution in [2.45, 2.75) is 0 Å². The summed E-state index contributed by atoms with van der Waals surface area (Å²) in [5.74, 6) is 1.80. The third-order valence-electron chi connectivity index (χ3n) is 12.9. The fraction of sp³-hybridized carbons (Fsp3) is 0. The van der Waals surface area contributed by atoms with Gasteiger partial charge in [-0.3, -0.25) is 4.57 Å². The highest BCUT2D eigenvalue weighted by atomic mass is 15.2. The van der Waals surface area contributed by atoms with E-state index in [0.717, 1.165) is 60.9 Å². The minimum Gasteiger partial charge on any atom is -0.309 e. The van der Waals surface area contributed by atoms with Crippen LogP contribution in [0.1, 0.15) is 0 Å². The van der Waals surface area contributed by atoms with Gasteiger partial charge in [0.25, 0.3) is 0 Å². The number of hydrogen-bond acceptors (Lipinski definition) is 3. The van der Waals surface area contributed by atoms with Gasteiger partial charge in [-0.1, -0.05) is 176 Å². The van der Waals surface area contributed by atoms with Gasteiger partial charge in [0.1, 0.15) is 0 Å². The molecule has 0 radical (unpaired) electrons. The SMILES string of the molecule is c1ccc(-c2cccc(-n3c4ccccc4c4cc(-c5ccc6c(c5)c5ccccc5n6-c5nc(-c6ccccc6)nc(-c6cccc(-c7ccc8ccccc8c7)c6)n5)ccc43)c2)cc1. The van der Waals surface area contributed by atoms with Gasteiger partial charge in [-0.15, -0.1) is 0 Å². The number of fused-ring (bicyclic) bond motifs is 7. The summed E-state index contributed by atoms with van der Waals surface area (Å²) in [4.78, 5) is 15.6. The second-order valence-corrected chi connectivity index (χ2v) is 16.9. The molecule has 308 valence electrons. The second kappa shape index (κ2) is 15.4. The number of aromatic nitrogens is 5. The van der Waals surface area contributed by atoms with E-state index in [1.165, 1.54) is 43.7 Å². The molecule has 5 nitrogen and oxygen atoms in total. The number of para-hydroxylation sites is 2. The van der Waals surface area contributed by atoms with Crippen molar-refractivity contribution in [2.75, 3.05) is 0 Å². The standard InChI is InChI=1S/C61H39N5/c1-3-15-40(16-4-1)45-22-14-24-50(37-45)65-55-27-11-9-25-51(55)53-38-47(31-33-57(53)65)48-32-34-58-54(39-48)52-26-10-12-28-56(52)66(58)61-63-59(42-18-5-2-6-19-42)62-60(64-61)49-23-13-21-44(36-49)46-30-29-41-17-7-8-20-43(41)35-46/h1-39H. The van der Waals surface area contributed by atoms with Crippen molar-refractivity contribution in [2.24, 2.45) is 0 Å². The molecule has 0 fully saturated rings. The van der Waals surface area contributed by atoms with Crippen molar-refractivity contribution >= 4 is 54.4 Å². The molecule has 0 bridgehead atoms. The quantitative estimate of drug-likeness (QED) is 0.161.